The number of aliphatic imine (C=N–C) groups is 1. The highest BCUT2D eigenvalue weighted by Crippen LogP contribution is 2.15. The van der Waals surface area contributed by atoms with Gasteiger partial charge in [0, 0.05) is 11.2 Å². The third kappa shape index (κ3) is 2.90. The molecule has 0 radical (unpaired) electrons. The summed E-state index contributed by atoms with van der Waals surface area (Å²) in [6.45, 7) is 4.86. The molecule has 2 nitrogen and oxygen atoms in total. The molecule has 0 aliphatic carbocycles. The standard InChI is InChI=1S/C6H8Cl2N2/c1-4(7)6(9)5(8)3-10-2/h3H,2,9H2,1H3/b5-3+,6-4-. The van der Waals surface area contributed by atoms with Crippen molar-refractivity contribution in [3.8, 4) is 0 Å². The van der Waals surface area contributed by atoms with E-state index in [1.165, 1.54) is 6.20 Å². The van der Waals surface area contributed by atoms with E-state index in [4.69, 9.17) is 28.9 Å². The van der Waals surface area contributed by atoms with E-state index in [2.05, 4.69) is 11.7 Å². The van der Waals surface area contributed by atoms with Crippen LogP contribution >= 0.6 is 23.2 Å². The van der Waals surface area contributed by atoms with Crippen LogP contribution in [0.15, 0.2) is 27.0 Å². The Balaban J connectivity index is 4.51. The van der Waals surface area contributed by atoms with Crippen molar-refractivity contribution in [2.75, 3.05) is 0 Å². The van der Waals surface area contributed by atoms with Crippen molar-refractivity contribution in [3.05, 3.63) is 22.0 Å². The number of nitrogens with two attached hydrogens (primary N) is 1. The van der Waals surface area contributed by atoms with Gasteiger partial charge in [0.05, 0.1) is 10.7 Å². The Kier molecular flexibility index (Phi) is 4.16. The predicted octanol–water partition coefficient (Wildman–Crippen LogP) is 2.20. The molecule has 0 aromatic rings. The fourth-order valence-electron chi connectivity index (χ4n) is 0.314. The fraction of sp³-hybridized carbons (Fsp3) is 0.167. The van der Waals surface area contributed by atoms with E-state index in [0.717, 1.165) is 0 Å². The van der Waals surface area contributed by atoms with Crippen LogP contribution in [-0.2, 0) is 0 Å². The lowest BCUT2D eigenvalue weighted by Gasteiger charge is -1.97. The molecule has 0 fully saturated rings. The minimum Gasteiger partial charge on any atom is -0.397 e. The number of halogens is 2. The van der Waals surface area contributed by atoms with Crippen LogP contribution in [0.1, 0.15) is 6.92 Å². The van der Waals surface area contributed by atoms with Crippen molar-refractivity contribution < 1.29 is 0 Å². The van der Waals surface area contributed by atoms with Crippen molar-refractivity contribution in [2.24, 2.45) is 10.7 Å². The van der Waals surface area contributed by atoms with Crippen LogP contribution in [-0.4, -0.2) is 6.72 Å². The SMILES string of the molecule is C=N/C=C(Cl)\C(N)=C(/C)Cl. The van der Waals surface area contributed by atoms with Gasteiger partial charge in [0.1, 0.15) is 0 Å². The zero-order chi connectivity index (χ0) is 8.15. The van der Waals surface area contributed by atoms with Gasteiger partial charge in [-0.15, -0.1) is 0 Å². The molecule has 10 heavy (non-hydrogen) atoms. The zero-order valence-electron chi connectivity index (χ0n) is 5.56. The summed E-state index contributed by atoms with van der Waals surface area (Å²) in [4.78, 5) is 3.42. The molecular weight excluding hydrogens is 171 g/mol. The molecule has 0 rings (SSSR count). The summed E-state index contributed by atoms with van der Waals surface area (Å²) in [6, 6.07) is 0. The van der Waals surface area contributed by atoms with E-state index in [0.29, 0.717) is 15.8 Å². The minimum absolute atomic E-state index is 0.308. The Morgan fingerprint density at radius 3 is 2.40 bits per heavy atom. The minimum atomic E-state index is 0.308. The summed E-state index contributed by atoms with van der Waals surface area (Å²) < 4.78 is 0. The molecule has 0 atom stereocenters. The van der Waals surface area contributed by atoms with Crippen molar-refractivity contribution in [3.63, 3.8) is 0 Å². The Labute approximate surface area is 70.0 Å². The highest BCUT2D eigenvalue weighted by molar-refractivity contribution is 6.35. The molecule has 56 valence electrons. The number of hydrogen-bond donors (Lipinski definition) is 1. The van der Waals surface area contributed by atoms with Crippen LogP contribution in [0.2, 0.25) is 0 Å². The fourth-order valence-corrected chi connectivity index (χ4v) is 0.675. The molecule has 0 aromatic heterocycles. The van der Waals surface area contributed by atoms with Gasteiger partial charge in [0.15, 0.2) is 0 Å². The monoisotopic (exact) mass is 178 g/mol. The molecule has 0 bridgehead atoms. The van der Waals surface area contributed by atoms with Gasteiger partial charge in [-0.3, -0.25) is 4.99 Å². The largest absolute Gasteiger partial charge is 0.397 e. The lowest BCUT2D eigenvalue weighted by Crippen LogP contribution is -1.97. The van der Waals surface area contributed by atoms with Crippen LogP contribution in [0.3, 0.4) is 0 Å². The first-order valence-electron chi connectivity index (χ1n) is 2.53. The molecule has 0 aromatic carbocycles. The van der Waals surface area contributed by atoms with E-state index < -0.39 is 0 Å². The average Bonchev–Trinajstić information content (AvgIpc) is 1.87. The maximum absolute atomic E-state index is 5.59. The molecule has 0 spiro atoms. The van der Waals surface area contributed by atoms with Gasteiger partial charge in [-0.1, -0.05) is 23.2 Å². The average molecular weight is 179 g/mol. The Bertz CT molecular complexity index is 190. The molecule has 0 amide bonds. The summed E-state index contributed by atoms with van der Waals surface area (Å²) in [5.41, 5.74) is 5.74. The maximum Gasteiger partial charge on any atom is 0.0829 e. The van der Waals surface area contributed by atoms with Gasteiger partial charge < -0.3 is 5.73 Å². The highest BCUT2D eigenvalue weighted by Gasteiger charge is 1.98. The third-order valence-corrected chi connectivity index (χ3v) is 1.34. The second kappa shape index (κ2) is 4.36. The Morgan fingerprint density at radius 1 is 1.60 bits per heavy atom. The van der Waals surface area contributed by atoms with Crippen LogP contribution in [0, 0.1) is 0 Å². The number of rotatable bonds is 2. The molecule has 0 saturated carbocycles. The van der Waals surface area contributed by atoms with Gasteiger partial charge in [-0.25, -0.2) is 0 Å². The summed E-state index contributed by atoms with van der Waals surface area (Å²) in [5.74, 6) is 0. The second-order valence-electron chi connectivity index (χ2n) is 1.61. The lowest BCUT2D eigenvalue weighted by atomic mass is 10.4. The molecule has 0 aliphatic rings. The van der Waals surface area contributed by atoms with E-state index in [1.807, 2.05) is 0 Å². The van der Waals surface area contributed by atoms with E-state index in [9.17, 15) is 0 Å². The van der Waals surface area contributed by atoms with Gasteiger partial charge in [0.2, 0.25) is 0 Å². The third-order valence-electron chi connectivity index (χ3n) is 0.833. The molecule has 4 heteroatoms. The first-order valence-corrected chi connectivity index (χ1v) is 3.29. The normalized spacial score (nSPS) is 14.5. The van der Waals surface area contributed by atoms with Crippen LogP contribution in [0.25, 0.3) is 0 Å². The van der Waals surface area contributed by atoms with Crippen molar-refractivity contribution in [1.82, 2.24) is 0 Å². The molecule has 0 unspecified atom stereocenters. The van der Waals surface area contributed by atoms with Crippen LogP contribution in [0.4, 0.5) is 0 Å². The second-order valence-corrected chi connectivity index (χ2v) is 2.58. The first kappa shape index (κ1) is 9.53. The summed E-state index contributed by atoms with van der Waals surface area (Å²) in [6.07, 6.45) is 1.34. The van der Waals surface area contributed by atoms with Gasteiger partial charge in [0.25, 0.3) is 0 Å². The summed E-state index contributed by atoms with van der Waals surface area (Å²) in [7, 11) is 0. The Hall–Kier alpha value is -0.470. The molecule has 0 saturated heterocycles. The topological polar surface area (TPSA) is 38.4 Å². The molecule has 0 heterocycles. The van der Waals surface area contributed by atoms with Crippen molar-refractivity contribution >= 4 is 29.9 Å². The number of allylic oxidation sites excluding steroid dienone is 2. The molecule has 2 N–H and O–H groups in total. The quantitative estimate of drug-likeness (QED) is 0.512. The van der Waals surface area contributed by atoms with Gasteiger partial charge >= 0.3 is 0 Å². The predicted molar refractivity (Wildman–Crippen MR) is 46.2 cm³/mol. The Morgan fingerprint density at radius 2 is 2.10 bits per heavy atom. The smallest absolute Gasteiger partial charge is 0.0829 e. The number of nitrogens with zero attached hydrogens (tertiary/aromatic N) is 1. The van der Waals surface area contributed by atoms with E-state index in [-0.39, 0.29) is 0 Å². The molecule has 0 aliphatic heterocycles. The van der Waals surface area contributed by atoms with E-state index in [1.54, 1.807) is 6.92 Å². The molecular formula is C6H8Cl2N2. The van der Waals surface area contributed by atoms with Crippen LogP contribution in [0.5, 0.6) is 0 Å². The maximum atomic E-state index is 5.59. The van der Waals surface area contributed by atoms with Crippen LogP contribution < -0.4 is 5.73 Å². The first-order chi connectivity index (χ1) is 4.59. The van der Waals surface area contributed by atoms with Gasteiger partial charge in [-0.05, 0) is 13.6 Å². The van der Waals surface area contributed by atoms with E-state index >= 15 is 0 Å². The zero-order valence-corrected chi connectivity index (χ0v) is 7.08. The van der Waals surface area contributed by atoms with Gasteiger partial charge in [-0.2, -0.15) is 0 Å². The lowest BCUT2D eigenvalue weighted by molar-refractivity contribution is 1.33. The summed E-state index contributed by atoms with van der Waals surface area (Å²) in [5, 5.41) is 0.757. The number of hydrogen-bond acceptors (Lipinski definition) is 2. The highest BCUT2D eigenvalue weighted by atomic mass is 35.5. The summed E-state index contributed by atoms with van der Waals surface area (Å²) >= 11 is 11.1. The van der Waals surface area contributed by atoms with Crippen molar-refractivity contribution in [2.45, 2.75) is 6.92 Å². The van der Waals surface area contributed by atoms with Crippen molar-refractivity contribution in [1.29, 1.82) is 0 Å².